The number of nitrogen functional groups attached to an aromatic ring is 1. The summed E-state index contributed by atoms with van der Waals surface area (Å²) in [6, 6.07) is 12.2. The van der Waals surface area contributed by atoms with E-state index in [1.807, 2.05) is 24.3 Å². The lowest BCUT2D eigenvalue weighted by Crippen LogP contribution is -2.05. The lowest BCUT2D eigenvalue weighted by atomic mass is 10.1. The summed E-state index contributed by atoms with van der Waals surface area (Å²) in [7, 11) is 1.54. The molecule has 2 aromatic rings. The van der Waals surface area contributed by atoms with Crippen molar-refractivity contribution in [1.29, 1.82) is 0 Å². The third-order valence-corrected chi connectivity index (χ3v) is 2.97. The Hall–Kier alpha value is -2.69. The number of ether oxygens (including phenoxy) is 1. The van der Waals surface area contributed by atoms with Gasteiger partial charge in [-0.05, 0) is 29.8 Å². The van der Waals surface area contributed by atoms with Gasteiger partial charge in [0, 0.05) is 12.2 Å². The summed E-state index contributed by atoms with van der Waals surface area (Å²) in [6.45, 7) is 0.492. The molecule has 0 radical (unpaired) electrons. The second-order valence-corrected chi connectivity index (χ2v) is 4.27. The molecule has 20 heavy (non-hydrogen) atoms. The molecule has 5 nitrogen and oxygen atoms in total. The maximum atomic E-state index is 11.0. The summed E-state index contributed by atoms with van der Waals surface area (Å²) >= 11 is 0. The molecule has 0 bridgehead atoms. The lowest BCUT2D eigenvalue weighted by molar-refractivity contribution is 0.0697. The molecule has 0 fully saturated rings. The average molecular weight is 272 g/mol. The third kappa shape index (κ3) is 3.00. The Bertz CT molecular complexity index is 626. The number of anilines is 2. The van der Waals surface area contributed by atoms with Crippen LogP contribution < -0.4 is 15.8 Å². The van der Waals surface area contributed by atoms with Crippen molar-refractivity contribution in [3.8, 4) is 5.75 Å². The molecule has 5 heteroatoms. The smallest absolute Gasteiger partial charge is 0.335 e. The Morgan fingerprint density at radius 3 is 2.70 bits per heavy atom. The predicted molar refractivity (Wildman–Crippen MR) is 78.1 cm³/mol. The van der Waals surface area contributed by atoms with Crippen LogP contribution in [0.15, 0.2) is 42.5 Å². The van der Waals surface area contributed by atoms with Crippen LogP contribution in [0.2, 0.25) is 0 Å². The molecule has 0 aliphatic rings. The van der Waals surface area contributed by atoms with Gasteiger partial charge < -0.3 is 20.9 Å². The number of para-hydroxylation sites is 1. The molecule has 0 aromatic heterocycles. The molecular formula is C15H16N2O3. The Kier molecular flexibility index (Phi) is 4.10. The maximum absolute atomic E-state index is 11.0. The quantitative estimate of drug-likeness (QED) is 0.728. The molecule has 4 N–H and O–H groups in total. The van der Waals surface area contributed by atoms with Gasteiger partial charge in [-0.15, -0.1) is 0 Å². The molecule has 0 saturated carbocycles. The van der Waals surface area contributed by atoms with E-state index >= 15 is 0 Å². The first kappa shape index (κ1) is 13.7. The lowest BCUT2D eigenvalue weighted by Gasteiger charge is -2.13. The number of nitrogens with two attached hydrogens (primary N) is 1. The van der Waals surface area contributed by atoms with E-state index in [2.05, 4.69) is 5.32 Å². The third-order valence-electron chi connectivity index (χ3n) is 2.97. The van der Waals surface area contributed by atoms with Gasteiger partial charge in [0.05, 0.1) is 18.4 Å². The number of methoxy groups -OCH3 is 1. The number of rotatable bonds is 5. The first-order valence-corrected chi connectivity index (χ1v) is 6.10. The van der Waals surface area contributed by atoms with E-state index in [0.29, 0.717) is 23.7 Å². The summed E-state index contributed by atoms with van der Waals surface area (Å²) in [4.78, 5) is 11.0. The van der Waals surface area contributed by atoms with Crippen LogP contribution >= 0.6 is 0 Å². The number of nitrogens with one attached hydrogen (secondary N) is 1. The number of carboxylic acids is 1. The fraction of sp³-hybridized carbons (Fsp3) is 0.133. The monoisotopic (exact) mass is 272 g/mol. The van der Waals surface area contributed by atoms with Gasteiger partial charge >= 0.3 is 5.97 Å². The molecule has 0 unspecified atom stereocenters. The van der Waals surface area contributed by atoms with Crippen molar-refractivity contribution in [2.75, 3.05) is 18.2 Å². The van der Waals surface area contributed by atoms with Crippen molar-refractivity contribution in [1.82, 2.24) is 0 Å². The Balaban J connectivity index is 2.22. The fourth-order valence-corrected chi connectivity index (χ4v) is 1.86. The van der Waals surface area contributed by atoms with Gasteiger partial charge in [0.1, 0.15) is 5.75 Å². The van der Waals surface area contributed by atoms with Gasteiger partial charge in [-0.2, -0.15) is 0 Å². The van der Waals surface area contributed by atoms with Crippen molar-refractivity contribution in [3.63, 3.8) is 0 Å². The Morgan fingerprint density at radius 2 is 2.05 bits per heavy atom. The summed E-state index contributed by atoms with van der Waals surface area (Å²) in [5, 5.41) is 12.2. The fourth-order valence-electron chi connectivity index (χ4n) is 1.86. The first-order valence-electron chi connectivity index (χ1n) is 6.10. The molecule has 0 aliphatic carbocycles. The number of benzene rings is 2. The van der Waals surface area contributed by atoms with E-state index in [-0.39, 0.29) is 5.56 Å². The first-order chi connectivity index (χ1) is 9.61. The van der Waals surface area contributed by atoms with E-state index in [1.165, 1.54) is 13.2 Å². The predicted octanol–water partition coefficient (Wildman–Crippen LogP) is 2.59. The minimum absolute atomic E-state index is 0.203. The summed E-state index contributed by atoms with van der Waals surface area (Å²) in [5.41, 5.74) is 8.32. The van der Waals surface area contributed by atoms with Crippen LogP contribution in [0.4, 0.5) is 11.4 Å². The molecule has 2 rings (SSSR count). The average Bonchev–Trinajstić information content (AvgIpc) is 2.46. The highest BCUT2D eigenvalue weighted by atomic mass is 16.5. The van der Waals surface area contributed by atoms with Crippen LogP contribution in [0.5, 0.6) is 5.75 Å². The normalized spacial score (nSPS) is 10.1. The van der Waals surface area contributed by atoms with Gasteiger partial charge in [-0.3, -0.25) is 0 Å². The second kappa shape index (κ2) is 5.97. The van der Waals surface area contributed by atoms with E-state index in [1.54, 1.807) is 12.1 Å². The van der Waals surface area contributed by atoms with Crippen LogP contribution in [0, 0.1) is 0 Å². The zero-order valence-electron chi connectivity index (χ0n) is 11.1. The largest absolute Gasteiger partial charge is 0.495 e. The van der Waals surface area contributed by atoms with E-state index in [9.17, 15) is 4.79 Å². The molecule has 2 aromatic carbocycles. The van der Waals surface area contributed by atoms with Crippen LogP contribution in [0.3, 0.4) is 0 Å². The molecule has 104 valence electrons. The summed E-state index contributed by atoms with van der Waals surface area (Å²) < 4.78 is 5.21. The molecule has 0 heterocycles. The highest BCUT2D eigenvalue weighted by Crippen LogP contribution is 2.26. The topological polar surface area (TPSA) is 84.6 Å². The minimum atomic E-state index is -0.977. The van der Waals surface area contributed by atoms with E-state index in [4.69, 9.17) is 15.6 Å². The highest BCUT2D eigenvalue weighted by molar-refractivity contribution is 5.89. The van der Waals surface area contributed by atoms with Crippen molar-refractivity contribution in [2.45, 2.75) is 6.54 Å². The second-order valence-electron chi connectivity index (χ2n) is 4.27. The van der Waals surface area contributed by atoms with Gasteiger partial charge in [0.15, 0.2) is 0 Å². The van der Waals surface area contributed by atoms with Gasteiger partial charge in [-0.25, -0.2) is 4.79 Å². The molecule has 0 aliphatic heterocycles. The zero-order chi connectivity index (χ0) is 14.5. The standard InChI is InChI=1S/C15H16N2O3/c1-20-14-7-6-10(15(18)19)8-13(14)17-9-11-4-2-3-5-12(11)16/h2-8,17H,9,16H2,1H3,(H,18,19). The number of hydrogen-bond donors (Lipinski definition) is 3. The maximum Gasteiger partial charge on any atom is 0.335 e. The van der Waals surface area contributed by atoms with Crippen LogP contribution in [0.25, 0.3) is 0 Å². The summed E-state index contributed by atoms with van der Waals surface area (Å²) in [5.74, 6) is -0.389. The minimum Gasteiger partial charge on any atom is -0.495 e. The van der Waals surface area contributed by atoms with Crippen molar-refractivity contribution in [2.24, 2.45) is 0 Å². The SMILES string of the molecule is COc1ccc(C(=O)O)cc1NCc1ccccc1N. The Morgan fingerprint density at radius 1 is 1.30 bits per heavy atom. The van der Waals surface area contributed by atoms with Gasteiger partial charge in [0.25, 0.3) is 0 Å². The van der Waals surface area contributed by atoms with E-state index < -0.39 is 5.97 Å². The molecule has 0 spiro atoms. The van der Waals surface area contributed by atoms with Crippen molar-refractivity contribution < 1.29 is 14.6 Å². The number of aromatic carboxylic acids is 1. The van der Waals surface area contributed by atoms with Gasteiger partial charge in [-0.1, -0.05) is 18.2 Å². The molecular weight excluding hydrogens is 256 g/mol. The van der Waals surface area contributed by atoms with Crippen LogP contribution in [-0.4, -0.2) is 18.2 Å². The van der Waals surface area contributed by atoms with Crippen molar-refractivity contribution >= 4 is 17.3 Å². The number of hydrogen-bond acceptors (Lipinski definition) is 4. The van der Waals surface area contributed by atoms with Crippen molar-refractivity contribution in [3.05, 3.63) is 53.6 Å². The molecule has 0 atom stereocenters. The molecule has 0 amide bonds. The van der Waals surface area contributed by atoms with Crippen LogP contribution in [-0.2, 0) is 6.54 Å². The highest BCUT2D eigenvalue weighted by Gasteiger charge is 2.09. The zero-order valence-corrected chi connectivity index (χ0v) is 11.1. The number of carbonyl (C=O) groups is 1. The Labute approximate surface area is 117 Å². The van der Waals surface area contributed by atoms with Gasteiger partial charge in [0.2, 0.25) is 0 Å². The van der Waals surface area contributed by atoms with E-state index in [0.717, 1.165) is 5.56 Å². The summed E-state index contributed by atoms with van der Waals surface area (Å²) in [6.07, 6.45) is 0. The number of carboxylic acid groups (broad SMARTS) is 1. The molecule has 0 saturated heterocycles. The van der Waals surface area contributed by atoms with Crippen LogP contribution in [0.1, 0.15) is 15.9 Å².